The Kier molecular flexibility index (Phi) is 4.73. The molecule has 120 valence electrons. The van der Waals surface area contributed by atoms with Gasteiger partial charge >= 0.3 is 12.1 Å². The van der Waals surface area contributed by atoms with Crippen molar-refractivity contribution in [3.05, 3.63) is 45.0 Å². The van der Waals surface area contributed by atoms with E-state index in [1.165, 1.54) is 24.3 Å². The van der Waals surface area contributed by atoms with Crippen molar-refractivity contribution in [1.82, 2.24) is 4.57 Å². The van der Waals surface area contributed by atoms with Crippen molar-refractivity contribution in [2.75, 3.05) is 0 Å². The molecule has 0 amide bonds. The maximum absolute atomic E-state index is 13.3. The third kappa shape index (κ3) is 3.35. The molecule has 0 bridgehead atoms. The number of aromatic nitrogens is 1. The Labute approximate surface area is 141 Å². The third-order valence-electron chi connectivity index (χ3n) is 3.00. The van der Waals surface area contributed by atoms with Crippen LogP contribution < -0.4 is 0 Å². The standard InChI is InChI=1S/C14H7BrClF3N2O2/c15-11-9(5-20)12(7-1-3-8(16)4-2-7)21(6-10(22)23)13(11)14(17,18)19/h1-4H,6H2,(H,22,23). The molecule has 1 N–H and O–H groups in total. The van der Waals surface area contributed by atoms with Gasteiger partial charge in [-0.1, -0.05) is 23.7 Å². The average Bonchev–Trinajstić information content (AvgIpc) is 2.70. The van der Waals surface area contributed by atoms with E-state index in [1.54, 1.807) is 6.07 Å². The second-order valence-corrected chi connectivity index (χ2v) is 5.71. The summed E-state index contributed by atoms with van der Waals surface area (Å²) in [7, 11) is 0. The Morgan fingerprint density at radius 1 is 1.35 bits per heavy atom. The number of carbonyl (C=O) groups is 1. The lowest BCUT2D eigenvalue weighted by Gasteiger charge is -2.14. The van der Waals surface area contributed by atoms with E-state index >= 15 is 0 Å². The number of aliphatic carboxylic acids is 1. The number of rotatable bonds is 3. The highest BCUT2D eigenvalue weighted by atomic mass is 79.9. The monoisotopic (exact) mass is 406 g/mol. The third-order valence-corrected chi connectivity index (χ3v) is 4.02. The molecule has 4 nitrogen and oxygen atoms in total. The van der Waals surface area contributed by atoms with Gasteiger partial charge in [-0.3, -0.25) is 4.79 Å². The number of benzene rings is 1. The van der Waals surface area contributed by atoms with Crippen LogP contribution in [-0.4, -0.2) is 15.6 Å². The molecule has 9 heteroatoms. The fourth-order valence-electron chi connectivity index (χ4n) is 2.17. The minimum Gasteiger partial charge on any atom is -0.480 e. The molecule has 2 aromatic rings. The summed E-state index contributed by atoms with van der Waals surface area (Å²) in [5.74, 6) is -1.46. The van der Waals surface area contributed by atoms with Crippen LogP contribution >= 0.6 is 27.5 Å². The molecule has 1 aromatic carbocycles. The van der Waals surface area contributed by atoms with Gasteiger partial charge in [-0.25, -0.2) is 0 Å². The van der Waals surface area contributed by atoms with Crippen molar-refractivity contribution in [3.8, 4) is 17.3 Å². The maximum Gasteiger partial charge on any atom is 0.432 e. The molecule has 23 heavy (non-hydrogen) atoms. The molecular formula is C14H7BrClF3N2O2. The first-order valence-corrected chi connectivity index (χ1v) is 7.21. The molecule has 0 aliphatic rings. The zero-order valence-electron chi connectivity index (χ0n) is 11.2. The molecule has 1 aromatic heterocycles. The number of nitrogens with zero attached hydrogens (tertiary/aromatic N) is 2. The minimum atomic E-state index is -4.83. The summed E-state index contributed by atoms with van der Waals surface area (Å²) < 4.78 is 40.0. The highest BCUT2D eigenvalue weighted by molar-refractivity contribution is 9.10. The Balaban J connectivity index is 2.86. The molecule has 0 unspecified atom stereocenters. The summed E-state index contributed by atoms with van der Waals surface area (Å²) in [6, 6.07) is 7.41. The molecule has 0 fully saturated rings. The van der Waals surface area contributed by atoms with E-state index in [0.29, 0.717) is 9.59 Å². The summed E-state index contributed by atoms with van der Waals surface area (Å²) in [6.07, 6.45) is -4.83. The lowest BCUT2D eigenvalue weighted by atomic mass is 10.1. The lowest BCUT2D eigenvalue weighted by Crippen LogP contribution is -2.19. The summed E-state index contributed by atoms with van der Waals surface area (Å²) in [5.41, 5.74) is -1.39. The molecule has 1 heterocycles. The van der Waals surface area contributed by atoms with Crippen LogP contribution in [0.15, 0.2) is 28.7 Å². The number of carboxylic acid groups (broad SMARTS) is 1. The zero-order valence-corrected chi connectivity index (χ0v) is 13.5. The second-order valence-electron chi connectivity index (χ2n) is 4.48. The topological polar surface area (TPSA) is 66.0 Å². The number of carboxylic acids is 1. The van der Waals surface area contributed by atoms with E-state index < -0.39 is 28.9 Å². The number of halogens is 5. The largest absolute Gasteiger partial charge is 0.480 e. The molecule has 0 atom stereocenters. The second kappa shape index (κ2) is 6.26. The Bertz CT molecular complexity index is 807. The van der Waals surface area contributed by atoms with Gasteiger partial charge < -0.3 is 9.67 Å². The molecule has 0 aliphatic heterocycles. The van der Waals surface area contributed by atoms with Gasteiger partial charge in [0.2, 0.25) is 0 Å². The van der Waals surface area contributed by atoms with Crippen LogP contribution in [0.25, 0.3) is 11.3 Å². The first-order valence-electron chi connectivity index (χ1n) is 6.03. The van der Waals surface area contributed by atoms with Gasteiger partial charge in [0.25, 0.3) is 0 Å². The Morgan fingerprint density at radius 3 is 2.35 bits per heavy atom. The van der Waals surface area contributed by atoms with Crippen LogP contribution in [0.2, 0.25) is 5.02 Å². The van der Waals surface area contributed by atoms with Crippen molar-refractivity contribution in [1.29, 1.82) is 5.26 Å². The van der Waals surface area contributed by atoms with Crippen LogP contribution in [0.1, 0.15) is 11.3 Å². The van der Waals surface area contributed by atoms with E-state index in [-0.39, 0.29) is 16.8 Å². The van der Waals surface area contributed by atoms with Crippen molar-refractivity contribution in [2.45, 2.75) is 12.7 Å². The highest BCUT2D eigenvalue weighted by Gasteiger charge is 2.41. The van der Waals surface area contributed by atoms with E-state index in [4.69, 9.17) is 16.7 Å². The van der Waals surface area contributed by atoms with Gasteiger partial charge in [0, 0.05) is 5.02 Å². The lowest BCUT2D eigenvalue weighted by molar-refractivity contribution is -0.146. The van der Waals surface area contributed by atoms with Crippen LogP contribution in [0.5, 0.6) is 0 Å². The molecule has 0 radical (unpaired) electrons. The molecule has 0 saturated carbocycles. The number of hydrogen-bond donors (Lipinski definition) is 1. The Morgan fingerprint density at radius 2 is 1.91 bits per heavy atom. The summed E-state index contributed by atoms with van der Waals surface area (Å²) in [6.45, 7) is -0.937. The SMILES string of the molecule is N#Cc1c(Br)c(C(F)(F)F)n(CC(=O)O)c1-c1ccc(Cl)cc1. The zero-order chi connectivity index (χ0) is 17.4. The summed E-state index contributed by atoms with van der Waals surface area (Å²) >= 11 is 8.52. The van der Waals surface area contributed by atoms with E-state index in [1.807, 2.05) is 0 Å². The predicted octanol–water partition coefficient (Wildman–Crippen LogP) is 4.55. The van der Waals surface area contributed by atoms with Gasteiger partial charge in [0.15, 0.2) is 0 Å². The van der Waals surface area contributed by atoms with Crippen LogP contribution in [0.3, 0.4) is 0 Å². The van der Waals surface area contributed by atoms with Crippen LogP contribution in [0.4, 0.5) is 13.2 Å². The number of hydrogen-bond acceptors (Lipinski definition) is 2. The Hall–Kier alpha value is -1.98. The molecule has 2 rings (SSSR count). The van der Waals surface area contributed by atoms with Crippen LogP contribution in [-0.2, 0) is 17.5 Å². The predicted molar refractivity (Wildman–Crippen MR) is 79.9 cm³/mol. The quantitative estimate of drug-likeness (QED) is 0.812. The summed E-state index contributed by atoms with van der Waals surface area (Å²) in [5, 5.41) is 18.5. The first kappa shape index (κ1) is 17.4. The number of alkyl halides is 3. The molecule has 0 spiro atoms. The van der Waals surface area contributed by atoms with Gasteiger partial charge in [0.1, 0.15) is 18.3 Å². The van der Waals surface area contributed by atoms with Crippen LogP contribution in [0, 0.1) is 11.3 Å². The van der Waals surface area contributed by atoms with E-state index in [0.717, 1.165) is 0 Å². The highest BCUT2D eigenvalue weighted by Crippen LogP contribution is 2.43. The first-order chi connectivity index (χ1) is 10.7. The van der Waals surface area contributed by atoms with Crippen molar-refractivity contribution >= 4 is 33.5 Å². The van der Waals surface area contributed by atoms with Gasteiger partial charge in [0.05, 0.1) is 15.7 Å². The average molecular weight is 408 g/mol. The minimum absolute atomic E-state index is 0.134. The fourth-order valence-corrected chi connectivity index (χ4v) is 3.01. The van der Waals surface area contributed by atoms with Gasteiger partial charge in [-0.15, -0.1) is 0 Å². The molecule has 0 aliphatic carbocycles. The molecule has 0 saturated heterocycles. The fraction of sp³-hybridized carbons (Fsp3) is 0.143. The van der Waals surface area contributed by atoms with Crippen molar-refractivity contribution in [3.63, 3.8) is 0 Å². The van der Waals surface area contributed by atoms with Crippen molar-refractivity contribution in [2.24, 2.45) is 0 Å². The smallest absolute Gasteiger partial charge is 0.432 e. The van der Waals surface area contributed by atoms with Gasteiger partial charge in [-0.05, 0) is 33.6 Å². The normalized spacial score (nSPS) is 11.3. The van der Waals surface area contributed by atoms with Crippen molar-refractivity contribution < 1.29 is 23.1 Å². The summed E-state index contributed by atoms with van der Waals surface area (Å²) in [4.78, 5) is 11.0. The maximum atomic E-state index is 13.3. The van der Waals surface area contributed by atoms with E-state index in [9.17, 15) is 23.2 Å². The van der Waals surface area contributed by atoms with Gasteiger partial charge in [-0.2, -0.15) is 18.4 Å². The number of nitriles is 1. The molecular weight excluding hydrogens is 401 g/mol. The van der Waals surface area contributed by atoms with E-state index in [2.05, 4.69) is 15.9 Å².